The molecule has 0 spiro atoms. The van der Waals surface area contributed by atoms with Gasteiger partial charge in [-0.1, -0.05) is 11.6 Å². The van der Waals surface area contributed by atoms with Crippen LogP contribution in [0.15, 0.2) is 0 Å². The average molecular weight is 257 g/mol. The Bertz CT molecular complexity index is 442. The SMILES string of the molecule is Cc1nn(C)c(Cl)c1CC(=O)C1CCOC1C. The van der Waals surface area contributed by atoms with Gasteiger partial charge in [-0.05, 0) is 20.3 Å². The van der Waals surface area contributed by atoms with Crippen molar-refractivity contribution in [3.8, 4) is 0 Å². The van der Waals surface area contributed by atoms with Gasteiger partial charge in [-0.25, -0.2) is 0 Å². The van der Waals surface area contributed by atoms with Crippen molar-refractivity contribution in [3.63, 3.8) is 0 Å². The van der Waals surface area contributed by atoms with Gasteiger partial charge >= 0.3 is 0 Å². The summed E-state index contributed by atoms with van der Waals surface area (Å²) in [5.74, 6) is 0.207. The largest absolute Gasteiger partial charge is 0.378 e. The molecule has 1 fully saturated rings. The minimum Gasteiger partial charge on any atom is -0.378 e. The number of hydrogen-bond acceptors (Lipinski definition) is 3. The van der Waals surface area contributed by atoms with Crippen LogP contribution in [0.4, 0.5) is 0 Å². The van der Waals surface area contributed by atoms with Gasteiger partial charge < -0.3 is 4.74 Å². The van der Waals surface area contributed by atoms with Gasteiger partial charge in [-0.2, -0.15) is 5.10 Å². The van der Waals surface area contributed by atoms with Crippen molar-refractivity contribution in [2.75, 3.05) is 6.61 Å². The monoisotopic (exact) mass is 256 g/mol. The van der Waals surface area contributed by atoms with E-state index in [0.717, 1.165) is 17.7 Å². The number of halogens is 1. The van der Waals surface area contributed by atoms with Crippen LogP contribution in [-0.4, -0.2) is 28.3 Å². The van der Waals surface area contributed by atoms with Gasteiger partial charge in [0.2, 0.25) is 0 Å². The zero-order valence-electron chi connectivity index (χ0n) is 10.4. The molecule has 1 aliphatic heterocycles. The van der Waals surface area contributed by atoms with E-state index in [2.05, 4.69) is 5.10 Å². The van der Waals surface area contributed by atoms with Crippen LogP contribution < -0.4 is 0 Å². The molecule has 2 atom stereocenters. The first-order chi connectivity index (χ1) is 8.00. The summed E-state index contributed by atoms with van der Waals surface area (Å²) in [6.45, 7) is 4.51. The van der Waals surface area contributed by atoms with Gasteiger partial charge in [-0.15, -0.1) is 0 Å². The summed E-state index contributed by atoms with van der Waals surface area (Å²) < 4.78 is 7.02. The van der Waals surface area contributed by atoms with Gasteiger partial charge in [0, 0.05) is 31.6 Å². The third-order valence-corrected chi connectivity index (χ3v) is 3.88. The number of carbonyl (C=O) groups is 1. The third kappa shape index (κ3) is 2.38. The lowest BCUT2D eigenvalue weighted by Gasteiger charge is -2.12. The van der Waals surface area contributed by atoms with Crippen molar-refractivity contribution in [3.05, 3.63) is 16.4 Å². The summed E-state index contributed by atoms with van der Waals surface area (Å²) in [5.41, 5.74) is 1.68. The number of hydrogen-bond donors (Lipinski definition) is 0. The van der Waals surface area contributed by atoms with Crippen LogP contribution >= 0.6 is 11.6 Å². The second kappa shape index (κ2) is 4.78. The highest BCUT2D eigenvalue weighted by Gasteiger charge is 2.31. The fourth-order valence-electron chi connectivity index (χ4n) is 2.33. The highest BCUT2D eigenvalue weighted by molar-refractivity contribution is 6.30. The van der Waals surface area contributed by atoms with E-state index in [0.29, 0.717) is 18.2 Å². The second-order valence-electron chi connectivity index (χ2n) is 4.59. The molecule has 2 unspecified atom stereocenters. The molecule has 0 saturated carbocycles. The lowest BCUT2D eigenvalue weighted by molar-refractivity contribution is -0.123. The van der Waals surface area contributed by atoms with Crippen molar-refractivity contribution < 1.29 is 9.53 Å². The predicted molar refractivity (Wildman–Crippen MR) is 65.2 cm³/mol. The Balaban J connectivity index is 2.13. The summed E-state index contributed by atoms with van der Waals surface area (Å²) >= 11 is 6.12. The smallest absolute Gasteiger partial charge is 0.143 e. The van der Waals surface area contributed by atoms with Gasteiger partial charge in [0.15, 0.2) is 0 Å². The molecule has 5 heteroatoms. The summed E-state index contributed by atoms with van der Waals surface area (Å²) in [7, 11) is 1.78. The van der Waals surface area contributed by atoms with Crippen LogP contribution in [0, 0.1) is 12.8 Å². The van der Waals surface area contributed by atoms with E-state index in [-0.39, 0.29) is 17.8 Å². The number of Topliss-reactive ketones (excluding diaryl/α,β-unsaturated/α-hetero) is 1. The number of carbonyl (C=O) groups excluding carboxylic acids is 1. The summed E-state index contributed by atoms with van der Waals surface area (Å²) in [4.78, 5) is 12.2. The van der Waals surface area contributed by atoms with E-state index in [4.69, 9.17) is 16.3 Å². The van der Waals surface area contributed by atoms with Crippen LogP contribution in [0.3, 0.4) is 0 Å². The molecule has 2 rings (SSSR count). The highest BCUT2D eigenvalue weighted by atomic mass is 35.5. The molecule has 0 aromatic carbocycles. The van der Waals surface area contributed by atoms with E-state index in [9.17, 15) is 4.79 Å². The molecule has 17 heavy (non-hydrogen) atoms. The van der Waals surface area contributed by atoms with Gasteiger partial charge in [0.25, 0.3) is 0 Å². The van der Waals surface area contributed by atoms with Crippen LogP contribution in [-0.2, 0) is 23.0 Å². The maximum absolute atomic E-state index is 12.2. The van der Waals surface area contributed by atoms with E-state index in [1.54, 1.807) is 11.7 Å². The number of rotatable bonds is 3. The first-order valence-electron chi connectivity index (χ1n) is 5.83. The molecule has 2 heterocycles. The highest BCUT2D eigenvalue weighted by Crippen LogP contribution is 2.26. The summed E-state index contributed by atoms with van der Waals surface area (Å²) in [5, 5.41) is 4.77. The standard InChI is InChI=1S/C12H17ClN2O2/c1-7-10(12(13)15(3)14-7)6-11(16)9-4-5-17-8(9)2/h8-9H,4-6H2,1-3H3. The zero-order chi connectivity index (χ0) is 12.6. The van der Waals surface area contributed by atoms with Gasteiger partial charge in [0.05, 0.1) is 11.8 Å². The molecular formula is C12H17ClN2O2. The predicted octanol–water partition coefficient (Wildman–Crippen LogP) is 1.92. The number of ketones is 1. The second-order valence-corrected chi connectivity index (χ2v) is 4.95. The van der Waals surface area contributed by atoms with Crippen molar-refractivity contribution in [2.24, 2.45) is 13.0 Å². The van der Waals surface area contributed by atoms with Crippen LogP contribution in [0.1, 0.15) is 24.6 Å². The average Bonchev–Trinajstić information content (AvgIpc) is 2.78. The molecule has 94 valence electrons. The quantitative estimate of drug-likeness (QED) is 0.830. The Morgan fingerprint density at radius 2 is 2.35 bits per heavy atom. The Morgan fingerprint density at radius 3 is 2.82 bits per heavy atom. The minimum absolute atomic E-state index is 0.00525. The Labute approximate surface area is 106 Å². The lowest BCUT2D eigenvalue weighted by Crippen LogP contribution is -2.23. The fourth-order valence-corrected chi connectivity index (χ4v) is 2.58. The van der Waals surface area contributed by atoms with E-state index >= 15 is 0 Å². The molecule has 1 saturated heterocycles. The van der Waals surface area contributed by atoms with Crippen LogP contribution in [0.2, 0.25) is 5.15 Å². The Morgan fingerprint density at radius 1 is 1.65 bits per heavy atom. The third-order valence-electron chi connectivity index (χ3n) is 3.41. The Hall–Kier alpha value is -0.870. The molecule has 0 amide bonds. The van der Waals surface area contributed by atoms with Crippen LogP contribution in [0.25, 0.3) is 0 Å². The molecule has 4 nitrogen and oxygen atoms in total. The molecule has 1 aromatic rings. The normalized spacial score (nSPS) is 24.2. The number of aromatic nitrogens is 2. The van der Waals surface area contributed by atoms with E-state index < -0.39 is 0 Å². The van der Waals surface area contributed by atoms with Crippen molar-refractivity contribution >= 4 is 17.4 Å². The van der Waals surface area contributed by atoms with E-state index in [1.165, 1.54) is 0 Å². The molecule has 0 bridgehead atoms. The summed E-state index contributed by atoms with van der Waals surface area (Å²) in [6, 6.07) is 0. The van der Waals surface area contributed by atoms with E-state index in [1.807, 2.05) is 13.8 Å². The number of aryl methyl sites for hydroxylation is 2. The molecule has 1 aliphatic rings. The topological polar surface area (TPSA) is 44.1 Å². The Kier molecular flexibility index (Phi) is 3.54. The van der Waals surface area contributed by atoms with Crippen LogP contribution in [0.5, 0.6) is 0 Å². The zero-order valence-corrected chi connectivity index (χ0v) is 11.1. The van der Waals surface area contributed by atoms with Crippen molar-refractivity contribution in [1.29, 1.82) is 0 Å². The fraction of sp³-hybridized carbons (Fsp3) is 0.667. The molecule has 0 radical (unpaired) electrons. The van der Waals surface area contributed by atoms with Gasteiger partial charge in [-0.3, -0.25) is 9.48 Å². The lowest BCUT2D eigenvalue weighted by atomic mass is 9.93. The maximum Gasteiger partial charge on any atom is 0.143 e. The molecule has 1 aromatic heterocycles. The first kappa shape index (κ1) is 12.6. The molecule has 0 N–H and O–H groups in total. The maximum atomic E-state index is 12.2. The molecular weight excluding hydrogens is 240 g/mol. The van der Waals surface area contributed by atoms with Gasteiger partial charge in [0.1, 0.15) is 10.9 Å². The minimum atomic E-state index is 0.00525. The van der Waals surface area contributed by atoms with Crippen molar-refractivity contribution in [1.82, 2.24) is 9.78 Å². The molecule has 0 aliphatic carbocycles. The van der Waals surface area contributed by atoms with Crippen molar-refractivity contribution in [2.45, 2.75) is 32.8 Å². The summed E-state index contributed by atoms with van der Waals surface area (Å²) in [6.07, 6.45) is 1.20. The number of ether oxygens (including phenoxy) is 1. The first-order valence-corrected chi connectivity index (χ1v) is 6.20. The number of nitrogens with zero attached hydrogens (tertiary/aromatic N) is 2.